The van der Waals surface area contributed by atoms with Crippen LogP contribution in [0.15, 0.2) is 28.7 Å². The van der Waals surface area contributed by atoms with Gasteiger partial charge in [-0.05, 0) is 43.7 Å². The molecule has 4 heteroatoms. The average Bonchev–Trinajstić information content (AvgIpc) is 2.87. The first-order chi connectivity index (χ1) is 10.6. The number of hydrogen-bond acceptors (Lipinski definition) is 4. The maximum absolute atomic E-state index is 12.0. The van der Waals surface area contributed by atoms with Gasteiger partial charge in [0, 0.05) is 17.3 Å². The van der Waals surface area contributed by atoms with Gasteiger partial charge in [-0.1, -0.05) is 20.8 Å². The highest BCUT2D eigenvalue weighted by atomic mass is 16.5. The number of Topliss-reactive ketones (excluding diaryl/α,β-unsaturated/α-hetero) is 1. The summed E-state index contributed by atoms with van der Waals surface area (Å²) in [5, 5.41) is 4.34. The number of ether oxygens (including phenoxy) is 1. The van der Waals surface area contributed by atoms with Gasteiger partial charge >= 0.3 is 0 Å². The zero-order chi connectivity index (χ0) is 15.7. The number of ketones is 1. The normalized spacial score (nSPS) is 21.1. The molecule has 22 heavy (non-hydrogen) atoms. The lowest BCUT2D eigenvalue weighted by Crippen LogP contribution is -2.46. The Morgan fingerprint density at radius 1 is 1.36 bits per heavy atom. The summed E-state index contributed by atoms with van der Waals surface area (Å²) in [6.45, 7) is 6.88. The minimum atomic E-state index is -0.0609. The Kier molecular flexibility index (Phi) is 4.21. The van der Waals surface area contributed by atoms with Crippen LogP contribution in [0.5, 0.6) is 5.75 Å². The number of hydrogen-bond donors (Lipinski definition) is 1. The van der Waals surface area contributed by atoms with Crippen LogP contribution in [0.3, 0.4) is 0 Å². The number of rotatable bonds is 6. The Morgan fingerprint density at radius 3 is 2.82 bits per heavy atom. The second-order valence-corrected chi connectivity index (χ2v) is 6.30. The van der Waals surface area contributed by atoms with Crippen LogP contribution in [0, 0.1) is 5.92 Å². The van der Waals surface area contributed by atoms with Crippen molar-refractivity contribution in [3.8, 4) is 5.75 Å². The molecule has 1 saturated carbocycles. The van der Waals surface area contributed by atoms with Gasteiger partial charge in [-0.25, -0.2) is 0 Å². The number of nitrogens with one attached hydrogen (secondary N) is 1. The summed E-state index contributed by atoms with van der Waals surface area (Å²) in [5.74, 6) is 1.25. The van der Waals surface area contributed by atoms with E-state index in [1.807, 2.05) is 38.1 Å². The Bertz CT molecular complexity index is 668. The molecule has 118 valence electrons. The molecule has 3 rings (SSSR count). The molecule has 2 aromatic rings. The van der Waals surface area contributed by atoms with Crippen molar-refractivity contribution in [2.24, 2.45) is 5.92 Å². The van der Waals surface area contributed by atoms with Gasteiger partial charge in [-0.2, -0.15) is 0 Å². The molecule has 0 atom stereocenters. The SMILES string of the molecule is CCN[C@H]1C[C@@H](Oc2ccc3oc(C(=O)C(C)C)cc3c2)C1. The van der Waals surface area contributed by atoms with Crippen molar-refractivity contribution in [2.75, 3.05) is 6.54 Å². The van der Waals surface area contributed by atoms with Crippen molar-refractivity contribution >= 4 is 16.8 Å². The van der Waals surface area contributed by atoms with E-state index in [2.05, 4.69) is 12.2 Å². The molecule has 4 nitrogen and oxygen atoms in total. The van der Waals surface area contributed by atoms with Crippen LogP contribution in [-0.4, -0.2) is 24.5 Å². The van der Waals surface area contributed by atoms with E-state index in [9.17, 15) is 4.79 Å². The third-order valence-corrected chi connectivity index (χ3v) is 4.15. The van der Waals surface area contributed by atoms with Crippen molar-refractivity contribution in [1.82, 2.24) is 5.32 Å². The van der Waals surface area contributed by atoms with E-state index in [1.165, 1.54) is 0 Å². The first kappa shape index (κ1) is 15.1. The van der Waals surface area contributed by atoms with Gasteiger partial charge in [0.1, 0.15) is 17.4 Å². The fourth-order valence-corrected chi connectivity index (χ4v) is 2.81. The second-order valence-electron chi connectivity index (χ2n) is 6.30. The largest absolute Gasteiger partial charge is 0.490 e. The molecule has 0 spiro atoms. The van der Waals surface area contributed by atoms with Crippen LogP contribution in [0.25, 0.3) is 11.0 Å². The molecular formula is C18H23NO3. The third kappa shape index (κ3) is 3.02. The summed E-state index contributed by atoms with van der Waals surface area (Å²) in [6.07, 6.45) is 2.38. The van der Waals surface area contributed by atoms with E-state index in [1.54, 1.807) is 0 Å². The molecule has 1 aromatic carbocycles. The number of furan rings is 1. The highest BCUT2D eigenvalue weighted by Crippen LogP contribution is 2.30. The fraction of sp³-hybridized carbons (Fsp3) is 0.500. The van der Waals surface area contributed by atoms with E-state index in [0.717, 1.165) is 36.1 Å². The minimum Gasteiger partial charge on any atom is -0.490 e. The maximum Gasteiger partial charge on any atom is 0.200 e. The lowest BCUT2D eigenvalue weighted by Gasteiger charge is -2.35. The molecule has 1 N–H and O–H groups in total. The summed E-state index contributed by atoms with van der Waals surface area (Å²) in [4.78, 5) is 12.0. The molecule has 1 aromatic heterocycles. The van der Waals surface area contributed by atoms with Crippen LogP contribution in [0.1, 0.15) is 44.2 Å². The van der Waals surface area contributed by atoms with Crippen LogP contribution < -0.4 is 10.1 Å². The van der Waals surface area contributed by atoms with Gasteiger partial charge in [-0.3, -0.25) is 4.79 Å². The van der Waals surface area contributed by atoms with Crippen LogP contribution >= 0.6 is 0 Å². The van der Waals surface area contributed by atoms with Gasteiger partial charge < -0.3 is 14.5 Å². The Labute approximate surface area is 130 Å². The molecule has 0 saturated heterocycles. The first-order valence-electron chi connectivity index (χ1n) is 8.04. The lowest BCUT2D eigenvalue weighted by molar-refractivity contribution is 0.0861. The highest BCUT2D eigenvalue weighted by molar-refractivity contribution is 5.98. The zero-order valence-corrected chi connectivity index (χ0v) is 13.4. The van der Waals surface area contributed by atoms with Gasteiger partial charge in [-0.15, -0.1) is 0 Å². The number of benzene rings is 1. The predicted molar refractivity (Wildman–Crippen MR) is 86.5 cm³/mol. The predicted octanol–water partition coefficient (Wildman–Crippen LogP) is 3.79. The molecule has 0 aliphatic heterocycles. The molecule has 1 aliphatic carbocycles. The summed E-state index contributed by atoms with van der Waals surface area (Å²) in [6, 6.07) is 8.14. The summed E-state index contributed by atoms with van der Waals surface area (Å²) in [7, 11) is 0. The van der Waals surface area contributed by atoms with Crippen LogP contribution in [0.4, 0.5) is 0 Å². The fourth-order valence-electron chi connectivity index (χ4n) is 2.81. The van der Waals surface area contributed by atoms with Crippen molar-refractivity contribution in [2.45, 2.75) is 45.8 Å². The quantitative estimate of drug-likeness (QED) is 0.825. The van der Waals surface area contributed by atoms with Gasteiger partial charge in [0.05, 0.1) is 0 Å². The molecule has 1 aliphatic rings. The standard InChI is InChI=1S/C18H23NO3/c1-4-19-13-9-15(10-13)21-14-5-6-16-12(7-14)8-17(22-16)18(20)11(2)3/h5-8,11,13,15,19H,4,9-10H2,1-3H3/t13-,15+. The summed E-state index contributed by atoms with van der Waals surface area (Å²) >= 11 is 0. The monoisotopic (exact) mass is 301 g/mol. The number of carbonyl (C=O) groups excluding carboxylic acids is 1. The second kappa shape index (κ2) is 6.13. The Balaban J connectivity index is 1.69. The van der Waals surface area contributed by atoms with E-state index in [-0.39, 0.29) is 17.8 Å². The van der Waals surface area contributed by atoms with E-state index in [0.29, 0.717) is 11.8 Å². The van der Waals surface area contributed by atoms with E-state index >= 15 is 0 Å². The van der Waals surface area contributed by atoms with Crippen molar-refractivity contribution < 1.29 is 13.9 Å². The molecule has 0 amide bonds. The minimum absolute atomic E-state index is 0.0335. The van der Waals surface area contributed by atoms with Crippen molar-refractivity contribution in [1.29, 1.82) is 0 Å². The average molecular weight is 301 g/mol. The van der Waals surface area contributed by atoms with Crippen molar-refractivity contribution in [3.63, 3.8) is 0 Å². The molecule has 0 bridgehead atoms. The van der Waals surface area contributed by atoms with Crippen LogP contribution in [0.2, 0.25) is 0 Å². The van der Waals surface area contributed by atoms with E-state index < -0.39 is 0 Å². The van der Waals surface area contributed by atoms with Crippen molar-refractivity contribution in [3.05, 3.63) is 30.0 Å². The Hall–Kier alpha value is -1.81. The van der Waals surface area contributed by atoms with Gasteiger partial charge in [0.15, 0.2) is 5.76 Å². The Morgan fingerprint density at radius 2 is 2.14 bits per heavy atom. The molecule has 0 radical (unpaired) electrons. The number of fused-ring (bicyclic) bond motifs is 1. The number of carbonyl (C=O) groups is 1. The van der Waals surface area contributed by atoms with Gasteiger partial charge in [0.2, 0.25) is 5.78 Å². The molecular weight excluding hydrogens is 278 g/mol. The maximum atomic E-state index is 12.0. The summed E-state index contributed by atoms with van der Waals surface area (Å²) in [5.41, 5.74) is 0.732. The lowest BCUT2D eigenvalue weighted by atomic mass is 9.89. The summed E-state index contributed by atoms with van der Waals surface area (Å²) < 4.78 is 11.6. The van der Waals surface area contributed by atoms with E-state index in [4.69, 9.17) is 9.15 Å². The molecule has 1 heterocycles. The molecule has 1 fully saturated rings. The first-order valence-corrected chi connectivity index (χ1v) is 8.04. The topological polar surface area (TPSA) is 51.5 Å². The smallest absolute Gasteiger partial charge is 0.200 e. The zero-order valence-electron chi connectivity index (χ0n) is 13.4. The molecule has 0 unspecified atom stereocenters. The highest BCUT2D eigenvalue weighted by Gasteiger charge is 2.30. The third-order valence-electron chi connectivity index (χ3n) is 4.15. The van der Waals surface area contributed by atoms with Crippen LogP contribution in [-0.2, 0) is 0 Å². The van der Waals surface area contributed by atoms with Gasteiger partial charge in [0.25, 0.3) is 0 Å².